The highest BCUT2D eigenvalue weighted by molar-refractivity contribution is 5.75. The molecular formula is C12H18N2O3. The summed E-state index contributed by atoms with van der Waals surface area (Å²) in [5.41, 5.74) is 0. The molecule has 0 radical (unpaired) electrons. The van der Waals surface area contributed by atoms with Crippen molar-refractivity contribution in [2.75, 3.05) is 19.6 Å². The van der Waals surface area contributed by atoms with Crippen LogP contribution in [-0.4, -0.2) is 41.6 Å². The molecule has 0 saturated carbocycles. The second-order valence-electron chi connectivity index (χ2n) is 4.14. The first-order valence-corrected chi connectivity index (χ1v) is 5.84. The first-order chi connectivity index (χ1) is 8.15. The Kier molecular flexibility index (Phi) is 5.34. The Hall–Kier alpha value is -1.70. The molecule has 1 aliphatic rings. The van der Waals surface area contributed by atoms with Gasteiger partial charge in [-0.1, -0.05) is 0 Å². The zero-order chi connectivity index (χ0) is 12.7. The van der Waals surface area contributed by atoms with Crippen molar-refractivity contribution in [2.24, 2.45) is 5.92 Å². The van der Waals surface area contributed by atoms with Gasteiger partial charge in [0, 0.05) is 26.1 Å². The molecule has 2 amide bonds. The van der Waals surface area contributed by atoms with Crippen LogP contribution in [0.25, 0.3) is 0 Å². The van der Waals surface area contributed by atoms with Crippen molar-refractivity contribution in [3.05, 3.63) is 0 Å². The van der Waals surface area contributed by atoms with E-state index in [0.29, 0.717) is 38.9 Å². The van der Waals surface area contributed by atoms with Gasteiger partial charge in [0.05, 0.1) is 5.92 Å². The van der Waals surface area contributed by atoms with E-state index in [1.54, 1.807) is 4.90 Å². The summed E-state index contributed by atoms with van der Waals surface area (Å²) in [6.07, 6.45) is 7.60. The average molecular weight is 238 g/mol. The molecule has 17 heavy (non-hydrogen) atoms. The third-order valence-corrected chi connectivity index (χ3v) is 2.91. The van der Waals surface area contributed by atoms with Gasteiger partial charge >= 0.3 is 12.0 Å². The minimum atomic E-state index is -0.765. The minimum Gasteiger partial charge on any atom is -0.481 e. The quantitative estimate of drug-likeness (QED) is 0.565. The number of carbonyl (C=O) groups is 2. The van der Waals surface area contributed by atoms with Gasteiger partial charge in [-0.15, -0.1) is 12.3 Å². The summed E-state index contributed by atoms with van der Waals surface area (Å²) in [7, 11) is 0. The Morgan fingerprint density at radius 3 is 2.59 bits per heavy atom. The van der Waals surface area contributed by atoms with Crippen molar-refractivity contribution in [1.82, 2.24) is 10.2 Å². The molecule has 0 bridgehead atoms. The fourth-order valence-corrected chi connectivity index (χ4v) is 1.83. The first-order valence-electron chi connectivity index (χ1n) is 5.84. The number of nitrogens with zero attached hydrogens (tertiary/aromatic N) is 1. The topological polar surface area (TPSA) is 69.6 Å². The molecule has 0 aromatic rings. The summed E-state index contributed by atoms with van der Waals surface area (Å²) in [6.45, 7) is 1.60. The summed E-state index contributed by atoms with van der Waals surface area (Å²) in [4.78, 5) is 24.1. The third-order valence-electron chi connectivity index (χ3n) is 2.91. The Bertz CT molecular complexity index is 314. The summed E-state index contributed by atoms with van der Waals surface area (Å²) < 4.78 is 0. The van der Waals surface area contributed by atoms with Crippen molar-refractivity contribution in [1.29, 1.82) is 0 Å². The predicted molar refractivity (Wildman–Crippen MR) is 63.4 cm³/mol. The third kappa shape index (κ3) is 4.35. The van der Waals surface area contributed by atoms with Crippen LogP contribution < -0.4 is 5.32 Å². The SMILES string of the molecule is C#CCCCNC(=O)N1CCC(C(=O)O)CC1. The molecule has 94 valence electrons. The van der Waals surface area contributed by atoms with Gasteiger partial charge < -0.3 is 15.3 Å². The summed E-state index contributed by atoms with van der Waals surface area (Å²) in [5.74, 6) is 1.44. The lowest BCUT2D eigenvalue weighted by atomic mass is 9.97. The molecule has 0 aliphatic carbocycles. The zero-order valence-corrected chi connectivity index (χ0v) is 9.82. The van der Waals surface area contributed by atoms with Crippen molar-refractivity contribution in [3.8, 4) is 12.3 Å². The van der Waals surface area contributed by atoms with E-state index in [-0.39, 0.29) is 11.9 Å². The van der Waals surface area contributed by atoms with E-state index in [2.05, 4.69) is 11.2 Å². The van der Waals surface area contributed by atoms with Crippen LogP contribution in [0.15, 0.2) is 0 Å². The summed E-state index contributed by atoms with van der Waals surface area (Å²) in [6, 6.07) is -0.120. The van der Waals surface area contributed by atoms with Crippen molar-refractivity contribution >= 4 is 12.0 Å². The number of carboxylic acid groups (broad SMARTS) is 1. The molecule has 0 spiro atoms. The first kappa shape index (κ1) is 13.4. The Morgan fingerprint density at radius 1 is 1.41 bits per heavy atom. The monoisotopic (exact) mass is 238 g/mol. The number of hydrogen-bond acceptors (Lipinski definition) is 2. The van der Waals surface area contributed by atoms with E-state index in [1.165, 1.54) is 0 Å². The number of carboxylic acids is 1. The van der Waals surface area contributed by atoms with Crippen LogP contribution in [0.5, 0.6) is 0 Å². The zero-order valence-electron chi connectivity index (χ0n) is 9.82. The van der Waals surface area contributed by atoms with Gasteiger partial charge in [-0.2, -0.15) is 0 Å². The van der Waals surface area contributed by atoms with E-state index in [1.807, 2.05) is 0 Å². The highest BCUT2D eigenvalue weighted by Gasteiger charge is 2.26. The van der Waals surface area contributed by atoms with Gasteiger partial charge in [-0.25, -0.2) is 4.79 Å². The highest BCUT2D eigenvalue weighted by Crippen LogP contribution is 2.17. The number of nitrogens with one attached hydrogen (secondary N) is 1. The molecule has 1 saturated heterocycles. The van der Waals surface area contributed by atoms with Crippen LogP contribution in [0.4, 0.5) is 4.79 Å². The van der Waals surface area contributed by atoms with E-state index in [0.717, 1.165) is 6.42 Å². The number of amides is 2. The molecule has 2 N–H and O–H groups in total. The number of rotatable bonds is 4. The van der Waals surface area contributed by atoms with Gasteiger partial charge in [0.15, 0.2) is 0 Å². The number of carbonyl (C=O) groups excluding carboxylic acids is 1. The summed E-state index contributed by atoms with van der Waals surface area (Å²) >= 11 is 0. The molecular weight excluding hydrogens is 220 g/mol. The molecule has 5 nitrogen and oxygen atoms in total. The maximum atomic E-state index is 11.7. The van der Waals surface area contributed by atoms with Crippen LogP contribution in [0.1, 0.15) is 25.7 Å². The maximum Gasteiger partial charge on any atom is 0.317 e. The van der Waals surface area contributed by atoms with Crippen molar-refractivity contribution < 1.29 is 14.7 Å². The second kappa shape index (κ2) is 6.79. The number of likely N-dealkylation sites (tertiary alicyclic amines) is 1. The van der Waals surface area contributed by atoms with E-state index >= 15 is 0 Å². The number of hydrogen-bond donors (Lipinski definition) is 2. The molecule has 0 aromatic carbocycles. The fourth-order valence-electron chi connectivity index (χ4n) is 1.83. The number of unbranched alkanes of at least 4 members (excludes halogenated alkanes) is 1. The van der Waals surface area contributed by atoms with Crippen LogP contribution in [-0.2, 0) is 4.79 Å². The number of piperidine rings is 1. The lowest BCUT2D eigenvalue weighted by Gasteiger charge is -2.30. The predicted octanol–water partition coefficient (Wildman–Crippen LogP) is 0.906. The van der Waals surface area contributed by atoms with Crippen LogP contribution in [0.3, 0.4) is 0 Å². The smallest absolute Gasteiger partial charge is 0.317 e. The van der Waals surface area contributed by atoms with Crippen LogP contribution >= 0.6 is 0 Å². The van der Waals surface area contributed by atoms with Crippen molar-refractivity contribution in [2.45, 2.75) is 25.7 Å². The normalized spacial score (nSPS) is 16.3. The molecule has 0 atom stereocenters. The van der Waals surface area contributed by atoms with E-state index < -0.39 is 5.97 Å². The van der Waals surface area contributed by atoms with Gasteiger partial charge in [0.2, 0.25) is 0 Å². The minimum absolute atomic E-state index is 0.120. The Morgan fingerprint density at radius 2 is 2.06 bits per heavy atom. The molecule has 0 unspecified atom stereocenters. The van der Waals surface area contributed by atoms with E-state index in [9.17, 15) is 9.59 Å². The molecule has 5 heteroatoms. The molecule has 1 aliphatic heterocycles. The summed E-state index contributed by atoms with van der Waals surface area (Å²) in [5, 5.41) is 11.6. The van der Waals surface area contributed by atoms with Crippen molar-refractivity contribution in [3.63, 3.8) is 0 Å². The maximum absolute atomic E-state index is 11.7. The van der Waals surface area contributed by atoms with Gasteiger partial charge in [-0.05, 0) is 19.3 Å². The fraction of sp³-hybridized carbons (Fsp3) is 0.667. The lowest BCUT2D eigenvalue weighted by Crippen LogP contribution is -2.45. The van der Waals surface area contributed by atoms with Gasteiger partial charge in [0.25, 0.3) is 0 Å². The largest absolute Gasteiger partial charge is 0.481 e. The van der Waals surface area contributed by atoms with Crippen LogP contribution in [0.2, 0.25) is 0 Å². The van der Waals surface area contributed by atoms with Gasteiger partial charge in [-0.3, -0.25) is 4.79 Å². The molecule has 1 heterocycles. The van der Waals surface area contributed by atoms with Crippen LogP contribution in [0, 0.1) is 18.3 Å². The number of aliphatic carboxylic acids is 1. The van der Waals surface area contributed by atoms with E-state index in [4.69, 9.17) is 11.5 Å². The number of terminal acetylenes is 1. The standard InChI is InChI=1S/C12H18N2O3/c1-2-3-4-7-13-12(17)14-8-5-10(6-9-14)11(15)16/h1,10H,3-9H2,(H,13,17)(H,15,16). The molecule has 0 aromatic heterocycles. The average Bonchev–Trinajstić information content (AvgIpc) is 2.34. The molecule has 1 fully saturated rings. The van der Waals surface area contributed by atoms with Gasteiger partial charge in [0.1, 0.15) is 0 Å². The Balaban J connectivity index is 2.22. The second-order valence-corrected chi connectivity index (χ2v) is 4.14. The number of urea groups is 1. The molecule has 1 rings (SSSR count). The lowest BCUT2D eigenvalue weighted by molar-refractivity contribution is -0.143. The highest BCUT2D eigenvalue weighted by atomic mass is 16.4. The Labute approximate surface area is 101 Å².